The normalized spacial score (nSPS) is 21.6. The first-order chi connectivity index (χ1) is 11.9. The second-order valence-electron chi connectivity index (χ2n) is 7.25. The van der Waals surface area contributed by atoms with Crippen molar-refractivity contribution < 1.29 is 9.18 Å². The van der Waals surface area contributed by atoms with Crippen LogP contribution in [0, 0.1) is 11.2 Å². The molecule has 2 aliphatic rings. The molecule has 1 aliphatic carbocycles. The predicted octanol–water partition coefficient (Wildman–Crippen LogP) is 3.80. The molecule has 1 N–H and O–H groups in total. The van der Waals surface area contributed by atoms with Crippen molar-refractivity contribution in [2.45, 2.75) is 37.9 Å². The van der Waals surface area contributed by atoms with Crippen LogP contribution in [-0.2, 0) is 4.79 Å². The van der Waals surface area contributed by atoms with Gasteiger partial charge in [-0.2, -0.15) is 4.98 Å². The quantitative estimate of drug-likeness (QED) is 0.828. The van der Waals surface area contributed by atoms with Gasteiger partial charge in [-0.05, 0) is 24.2 Å². The summed E-state index contributed by atoms with van der Waals surface area (Å²) in [5, 5.41) is 8.35. The van der Waals surface area contributed by atoms with Crippen molar-refractivity contribution in [2.75, 3.05) is 11.6 Å². The molecule has 25 heavy (non-hydrogen) atoms. The first-order valence-electron chi connectivity index (χ1n) is 8.18. The van der Waals surface area contributed by atoms with Crippen LogP contribution in [0.2, 0.25) is 0 Å². The molecule has 1 unspecified atom stereocenters. The number of aromatic nitrogens is 3. The fraction of sp³-hybridized carbons (Fsp3) is 0.389. The second kappa shape index (κ2) is 5.69. The molecule has 1 aromatic carbocycles. The maximum absolute atomic E-state index is 14.6. The van der Waals surface area contributed by atoms with E-state index in [9.17, 15) is 9.18 Å². The lowest BCUT2D eigenvalue weighted by atomic mass is 9.73. The molecule has 1 atom stereocenters. The lowest BCUT2D eigenvalue weighted by molar-refractivity contribution is -0.118. The lowest BCUT2D eigenvalue weighted by Gasteiger charge is -2.38. The molecule has 2 heterocycles. The first-order valence-corrected chi connectivity index (χ1v) is 9.40. The molecule has 0 bridgehead atoms. The molecular formula is C18H19FN4OS. The van der Waals surface area contributed by atoms with Gasteiger partial charge in [0.05, 0.1) is 0 Å². The van der Waals surface area contributed by atoms with E-state index in [2.05, 4.69) is 29.2 Å². The number of thioether (sulfide) groups is 1. The van der Waals surface area contributed by atoms with Crippen LogP contribution >= 0.6 is 11.8 Å². The average molecular weight is 358 g/mol. The summed E-state index contributed by atoms with van der Waals surface area (Å²) < 4.78 is 16.2. The van der Waals surface area contributed by atoms with E-state index >= 15 is 0 Å². The molecule has 0 saturated carbocycles. The fourth-order valence-electron chi connectivity index (χ4n) is 3.66. The summed E-state index contributed by atoms with van der Waals surface area (Å²) in [7, 11) is 0. The number of hydrogen-bond donors (Lipinski definition) is 1. The molecule has 0 amide bonds. The minimum Gasteiger partial charge on any atom is -0.328 e. The SMILES string of the molecule is CSc1nc2n(n1)C(c1ccccc1F)C1=C(CC(C)(C)CC1=O)N2. The van der Waals surface area contributed by atoms with Crippen molar-refractivity contribution in [1.82, 2.24) is 14.8 Å². The van der Waals surface area contributed by atoms with Crippen LogP contribution in [0.5, 0.6) is 0 Å². The first kappa shape index (κ1) is 16.3. The minimum absolute atomic E-state index is 0.0406. The third-order valence-electron chi connectivity index (χ3n) is 4.69. The molecule has 0 fully saturated rings. The minimum atomic E-state index is -0.579. The maximum Gasteiger partial charge on any atom is 0.227 e. The largest absolute Gasteiger partial charge is 0.328 e. The summed E-state index contributed by atoms with van der Waals surface area (Å²) in [4.78, 5) is 17.4. The van der Waals surface area contributed by atoms with E-state index in [1.807, 2.05) is 6.26 Å². The summed E-state index contributed by atoms with van der Waals surface area (Å²) in [6.07, 6.45) is 3.05. The van der Waals surface area contributed by atoms with Crippen LogP contribution in [0.1, 0.15) is 38.3 Å². The molecule has 7 heteroatoms. The van der Waals surface area contributed by atoms with Crippen LogP contribution in [0.15, 0.2) is 40.7 Å². The number of fused-ring (bicyclic) bond motifs is 1. The van der Waals surface area contributed by atoms with E-state index in [0.29, 0.717) is 28.7 Å². The Balaban J connectivity index is 1.94. The number of anilines is 1. The van der Waals surface area contributed by atoms with Crippen molar-refractivity contribution in [2.24, 2.45) is 5.41 Å². The summed E-state index contributed by atoms with van der Waals surface area (Å²) in [5.74, 6) is 0.256. The van der Waals surface area contributed by atoms with Gasteiger partial charge in [0.25, 0.3) is 0 Å². The van der Waals surface area contributed by atoms with Gasteiger partial charge in [-0.1, -0.05) is 43.8 Å². The number of ketones is 1. The number of carbonyl (C=O) groups excluding carboxylic acids is 1. The van der Waals surface area contributed by atoms with E-state index in [-0.39, 0.29) is 17.0 Å². The zero-order valence-electron chi connectivity index (χ0n) is 14.3. The highest BCUT2D eigenvalue weighted by Gasteiger charge is 2.42. The van der Waals surface area contributed by atoms with Crippen molar-refractivity contribution >= 4 is 23.5 Å². The fourth-order valence-corrected chi connectivity index (χ4v) is 4.01. The Morgan fingerprint density at radius 1 is 1.32 bits per heavy atom. The number of nitrogens with one attached hydrogen (secondary N) is 1. The zero-order valence-corrected chi connectivity index (χ0v) is 15.2. The predicted molar refractivity (Wildman–Crippen MR) is 95.0 cm³/mol. The average Bonchev–Trinajstić information content (AvgIpc) is 2.95. The van der Waals surface area contributed by atoms with Gasteiger partial charge in [-0.3, -0.25) is 4.79 Å². The number of nitrogens with zero attached hydrogens (tertiary/aromatic N) is 3. The van der Waals surface area contributed by atoms with Crippen LogP contribution in [-0.4, -0.2) is 26.8 Å². The van der Waals surface area contributed by atoms with Gasteiger partial charge in [-0.25, -0.2) is 9.07 Å². The maximum atomic E-state index is 14.6. The van der Waals surface area contributed by atoms with Gasteiger partial charge < -0.3 is 5.32 Å². The number of Topliss-reactive ketones (excluding diaryl/α,β-unsaturated/α-hetero) is 1. The van der Waals surface area contributed by atoms with Gasteiger partial charge in [0.15, 0.2) is 5.78 Å². The Bertz CT molecular complexity index is 902. The summed E-state index contributed by atoms with van der Waals surface area (Å²) in [6, 6.07) is 5.98. The molecule has 5 nitrogen and oxygen atoms in total. The highest BCUT2D eigenvalue weighted by molar-refractivity contribution is 7.98. The standard InChI is InChI=1S/C18H19FN4OS/c1-18(2)8-12-14(13(24)9-18)15(10-6-4-5-7-11(10)19)23-16(20-12)21-17(22-23)25-3/h4-7,15H,8-9H2,1-3H3,(H,20,21,22). The number of carbonyl (C=O) groups is 1. The van der Waals surface area contributed by atoms with Gasteiger partial charge in [0.1, 0.15) is 11.9 Å². The Hall–Kier alpha value is -2.15. The third kappa shape index (κ3) is 2.66. The topological polar surface area (TPSA) is 59.8 Å². The Labute approximate surface area is 149 Å². The Morgan fingerprint density at radius 2 is 2.08 bits per heavy atom. The summed E-state index contributed by atoms with van der Waals surface area (Å²) in [6.45, 7) is 4.14. The number of halogens is 1. The van der Waals surface area contributed by atoms with Gasteiger partial charge in [0.2, 0.25) is 11.1 Å². The van der Waals surface area contributed by atoms with Crippen LogP contribution < -0.4 is 5.32 Å². The molecule has 4 rings (SSSR count). The smallest absolute Gasteiger partial charge is 0.227 e. The van der Waals surface area contributed by atoms with Crippen LogP contribution in [0.25, 0.3) is 0 Å². The summed E-state index contributed by atoms with van der Waals surface area (Å²) in [5.41, 5.74) is 1.76. The monoisotopic (exact) mass is 358 g/mol. The van der Waals surface area contributed by atoms with E-state index in [1.165, 1.54) is 17.8 Å². The van der Waals surface area contributed by atoms with E-state index in [4.69, 9.17) is 0 Å². The molecule has 0 radical (unpaired) electrons. The zero-order chi connectivity index (χ0) is 17.8. The number of rotatable bonds is 2. The van der Waals surface area contributed by atoms with Gasteiger partial charge in [-0.15, -0.1) is 5.10 Å². The molecule has 1 aromatic heterocycles. The number of hydrogen-bond acceptors (Lipinski definition) is 5. The summed E-state index contributed by atoms with van der Waals surface area (Å²) >= 11 is 1.42. The third-order valence-corrected chi connectivity index (χ3v) is 5.23. The van der Waals surface area contributed by atoms with Gasteiger partial charge >= 0.3 is 0 Å². The molecule has 0 spiro atoms. The molecule has 130 valence electrons. The van der Waals surface area contributed by atoms with E-state index in [0.717, 1.165) is 12.1 Å². The van der Waals surface area contributed by atoms with Crippen molar-refractivity contribution in [3.8, 4) is 0 Å². The Morgan fingerprint density at radius 3 is 2.80 bits per heavy atom. The highest BCUT2D eigenvalue weighted by atomic mass is 32.2. The van der Waals surface area contributed by atoms with Crippen LogP contribution in [0.4, 0.5) is 10.3 Å². The Kier molecular flexibility index (Phi) is 3.72. The van der Waals surface area contributed by atoms with E-state index in [1.54, 1.807) is 22.9 Å². The molecular weight excluding hydrogens is 339 g/mol. The van der Waals surface area contributed by atoms with E-state index < -0.39 is 6.04 Å². The van der Waals surface area contributed by atoms with Crippen molar-refractivity contribution in [1.29, 1.82) is 0 Å². The lowest BCUT2D eigenvalue weighted by Crippen LogP contribution is -2.36. The van der Waals surface area contributed by atoms with Crippen molar-refractivity contribution in [3.05, 3.63) is 46.9 Å². The molecule has 1 aliphatic heterocycles. The van der Waals surface area contributed by atoms with Crippen LogP contribution in [0.3, 0.4) is 0 Å². The number of benzene rings is 1. The molecule has 2 aromatic rings. The number of allylic oxidation sites excluding steroid dienone is 2. The van der Waals surface area contributed by atoms with Gasteiger partial charge in [0, 0.05) is 23.3 Å². The van der Waals surface area contributed by atoms with Crippen molar-refractivity contribution in [3.63, 3.8) is 0 Å². The highest BCUT2D eigenvalue weighted by Crippen LogP contribution is 2.45. The molecule has 0 saturated heterocycles. The second-order valence-corrected chi connectivity index (χ2v) is 8.02.